The number of carbonyl (C=O) groups is 1. The third kappa shape index (κ3) is 5.04. The van der Waals surface area contributed by atoms with Crippen molar-refractivity contribution in [2.45, 2.75) is 37.9 Å². The zero-order valence-electron chi connectivity index (χ0n) is 21.1. The lowest BCUT2D eigenvalue weighted by molar-refractivity contribution is -0.148. The van der Waals surface area contributed by atoms with Gasteiger partial charge in [-0.3, -0.25) is 9.69 Å². The van der Waals surface area contributed by atoms with Crippen molar-refractivity contribution in [1.82, 2.24) is 4.90 Å². The number of carboxylic acids is 1. The topological polar surface area (TPSA) is 59.0 Å². The summed E-state index contributed by atoms with van der Waals surface area (Å²) in [6.45, 7) is 2.36. The summed E-state index contributed by atoms with van der Waals surface area (Å²) in [4.78, 5) is 13.4. The molecule has 1 N–H and O–H groups in total. The first-order valence-electron chi connectivity index (χ1n) is 12.5. The predicted molar refractivity (Wildman–Crippen MR) is 144 cm³/mol. The fourth-order valence-electron chi connectivity index (χ4n) is 6.16. The molecule has 1 atom stereocenters. The van der Waals surface area contributed by atoms with E-state index in [1.54, 1.807) is 23.5 Å². The molecule has 1 unspecified atom stereocenters. The molecule has 3 aromatic carbocycles. The Labute approximate surface area is 218 Å². The molecule has 1 aliphatic heterocycles. The van der Waals surface area contributed by atoms with E-state index >= 15 is 0 Å². The molecule has 1 spiro atoms. The number of hydrogen-bond acceptors (Lipinski definition) is 4. The van der Waals surface area contributed by atoms with Crippen LogP contribution in [0, 0.1) is 11.3 Å². The van der Waals surface area contributed by atoms with Crippen LogP contribution in [0.4, 0.5) is 8.78 Å². The summed E-state index contributed by atoms with van der Waals surface area (Å²) in [7, 11) is 4.98. The number of alkyl halides is 2. The molecular formula is C29H32F2NO4P. The van der Waals surface area contributed by atoms with Gasteiger partial charge in [0.25, 0.3) is 5.66 Å². The smallest absolute Gasteiger partial charge is 0.303 e. The van der Waals surface area contributed by atoms with Gasteiger partial charge in [0.05, 0.1) is 19.8 Å². The van der Waals surface area contributed by atoms with Crippen LogP contribution in [-0.2, 0) is 17.8 Å². The molecule has 2 aliphatic rings. The first-order chi connectivity index (χ1) is 17.6. The lowest BCUT2D eigenvalue weighted by Gasteiger charge is -2.60. The molecule has 37 heavy (non-hydrogen) atoms. The molecule has 1 saturated heterocycles. The Morgan fingerprint density at radius 2 is 1.70 bits per heavy atom. The Morgan fingerprint density at radius 3 is 2.30 bits per heavy atom. The Kier molecular flexibility index (Phi) is 6.88. The van der Waals surface area contributed by atoms with Gasteiger partial charge in [0.1, 0.15) is 11.5 Å². The monoisotopic (exact) mass is 527 g/mol. The van der Waals surface area contributed by atoms with Gasteiger partial charge in [-0.2, -0.15) is 0 Å². The standard InChI is InChI=1S/C29H32F2NO4P/c1-35-24-11-18(15-32-16-28(17-32)13-20(14-28)29(30,31)37)12-25(36-2)27(24)23-8-4-6-21-19(9-10-26(33)34)5-3-7-22(21)23/h3-8,11-12,20H,9-10,13-17,37H2,1-2H3,(H,33,34). The molecule has 1 saturated carbocycles. The van der Waals surface area contributed by atoms with E-state index in [0.717, 1.165) is 46.1 Å². The maximum Gasteiger partial charge on any atom is 0.303 e. The lowest BCUT2D eigenvalue weighted by Crippen LogP contribution is -2.63. The molecular weight excluding hydrogens is 495 g/mol. The first-order valence-corrected chi connectivity index (χ1v) is 13.1. The summed E-state index contributed by atoms with van der Waals surface area (Å²) >= 11 is 0. The number of benzene rings is 3. The van der Waals surface area contributed by atoms with E-state index in [9.17, 15) is 13.6 Å². The summed E-state index contributed by atoms with van der Waals surface area (Å²) in [6, 6.07) is 16.0. The van der Waals surface area contributed by atoms with Crippen LogP contribution in [0.5, 0.6) is 11.5 Å². The van der Waals surface area contributed by atoms with Gasteiger partial charge >= 0.3 is 5.97 Å². The molecule has 0 radical (unpaired) electrons. The van der Waals surface area contributed by atoms with Crippen LogP contribution < -0.4 is 9.47 Å². The number of likely N-dealkylation sites (tertiary alicyclic amines) is 1. The maximum absolute atomic E-state index is 13.5. The maximum atomic E-state index is 13.5. The third-order valence-electron chi connectivity index (χ3n) is 7.88. The molecule has 0 bridgehead atoms. The van der Waals surface area contributed by atoms with Gasteiger partial charge in [-0.05, 0) is 64.3 Å². The second kappa shape index (κ2) is 9.85. The van der Waals surface area contributed by atoms with Crippen molar-refractivity contribution in [2.75, 3.05) is 27.3 Å². The normalized spacial score (nSPS) is 17.4. The highest BCUT2D eigenvalue weighted by atomic mass is 31.0. The predicted octanol–water partition coefficient (Wildman–Crippen LogP) is 6.22. The van der Waals surface area contributed by atoms with Gasteiger partial charge < -0.3 is 14.6 Å². The number of halogens is 2. The molecule has 0 amide bonds. The number of fused-ring (bicyclic) bond motifs is 1. The van der Waals surface area contributed by atoms with Crippen LogP contribution in [0.25, 0.3) is 21.9 Å². The molecule has 3 aromatic rings. The van der Waals surface area contributed by atoms with Crippen molar-refractivity contribution in [3.63, 3.8) is 0 Å². The Morgan fingerprint density at radius 1 is 1.08 bits per heavy atom. The lowest BCUT2D eigenvalue weighted by atomic mass is 9.57. The van der Waals surface area contributed by atoms with E-state index in [-0.39, 0.29) is 11.8 Å². The average Bonchev–Trinajstić information content (AvgIpc) is 2.81. The first kappa shape index (κ1) is 25.9. The van der Waals surface area contributed by atoms with E-state index in [1.165, 1.54) is 0 Å². The van der Waals surface area contributed by atoms with Crippen LogP contribution >= 0.6 is 9.24 Å². The summed E-state index contributed by atoms with van der Waals surface area (Å²) in [5.74, 6) is 0.0443. The Bertz CT molecular complexity index is 1300. The molecule has 2 fully saturated rings. The van der Waals surface area contributed by atoms with E-state index in [2.05, 4.69) is 4.90 Å². The largest absolute Gasteiger partial charge is 0.496 e. The van der Waals surface area contributed by atoms with E-state index in [1.807, 2.05) is 48.5 Å². The zero-order valence-corrected chi connectivity index (χ0v) is 22.3. The highest BCUT2D eigenvalue weighted by Gasteiger charge is 2.57. The molecule has 196 valence electrons. The number of hydrogen-bond donors (Lipinski definition) is 1. The second-order valence-corrected chi connectivity index (χ2v) is 11.3. The van der Waals surface area contributed by atoms with Gasteiger partial charge in [-0.15, -0.1) is 0 Å². The van der Waals surface area contributed by atoms with Gasteiger partial charge in [0.15, 0.2) is 0 Å². The van der Waals surface area contributed by atoms with Crippen LogP contribution in [0.2, 0.25) is 0 Å². The van der Waals surface area contributed by atoms with Crippen molar-refractivity contribution in [2.24, 2.45) is 11.3 Å². The van der Waals surface area contributed by atoms with Crippen molar-refractivity contribution in [1.29, 1.82) is 0 Å². The second-order valence-electron chi connectivity index (χ2n) is 10.5. The fourth-order valence-corrected chi connectivity index (χ4v) is 6.40. The van der Waals surface area contributed by atoms with Gasteiger partial charge in [-0.25, -0.2) is 8.78 Å². The Hall–Kier alpha value is -2.76. The third-order valence-corrected chi connectivity index (χ3v) is 8.35. The molecule has 5 rings (SSSR count). The van der Waals surface area contributed by atoms with Crippen molar-refractivity contribution in [3.05, 3.63) is 59.7 Å². The van der Waals surface area contributed by atoms with Gasteiger partial charge in [-0.1, -0.05) is 45.6 Å². The molecule has 1 heterocycles. The van der Waals surface area contributed by atoms with Crippen LogP contribution in [0.15, 0.2) is 48.5 Å². The van der Waals surface area contributed by atoms with Gasteiger partial charge in [0.2, 0.25) is 0 Å². The number of methoxy groups -OCH3 is 2. The molecule has 1 aliphatic carbocycles. The minimum Gasteiger partial charge on any atom is -0.496 e. The number of ether oxygens (including phenoxy) is 2. The zero-order chi connectivity index (χ0) is 26.4. The number of aliphatic carboxylic acids is 1. The van der Waals surface area contributed by atoms with Gasteiger partial charge in [0, 0.05) is 32.0 Å². The highest BCUT2D eigenvalue weighted by Crippen LogP contribution is 2.58. The number of carboxylic acid groups (broad SMARTS) is 1. The summed E-state index contributed by atoms with van der Waals surface area (Å²) in [5, 5.41) is 11.2. The number of aryl methyl sites for hydroxylation is 1. The summed E-state index contributed by atoms with van der Waals surface area (Å²) < 4.78 is 38.8. The minimum absolute atomic E-state index is 0.0417. The SMILES string of the molecule is COc1cc(CN2CC3(CC(C(F)(F)P)C3)C2)cc(OC)c1-c1cccc2c(CCC(=O)O)cccc12. The number of rotatable bonds is 9. The van der Waals surface area contributed by atoms with Crippen LogP contribution in [0.1, 0.15) is 30.4 Å². The summed E-state index contributed by atoms with van der Waals surface area (Å²) in [5.41, 5.74) is 1.21. The molecule has 5 nitrogen and oxygen atoms in total. The quantitative estimate of drug-likeness (QED) is 0.335. The van der Waals surface area contributed by atoms with E-state index in [0.29, 0.717) is 37.3 Å². The van der Waals surface area contributed by atoms with Crippen LogP contribution in [0.3, 0.4) is 0 Å². The average molecular weight is 528 g/mol. The minimum atomic E-state index is -2.67. The number of nitrogens with zero attached hydrogens (tertiary/aromatic N) is 1. The van der Waals surface area contributed by atoms with E-state index < -0.39 is 17.6 Å². The van der Waals surface area contributed by atoms with Crippen molar-refractivity contribution < 1.29 is 28.2 Å². The molecule has 0 aromatic heterocycles. The van der Waals surface area contributed by atoms with Crippen molar-refractivity contribution >= 4 is 26.0 Å². The molecule has 8 heteroatoms. The van der Waals surface area contributed by atoms with Crippen LogP contribution in [-0.4, -0.2) is 48.9 Å². The summed E-state index contributed by atoms with van der Waals surface area (Å²) in [6.07, 6.45) is 1.70. The highest BCUT2D eigenvalue weighted by molar-refractivity contribution is 7.18. The van der Waals surface area contributed by atoms with Crippen molar-refractivity contribution in [3.8, 4) is 22.6 Å². The fraction of sp³-hybridized carbons (Fsp3) is 0.414. The van der Waals surface area contributed by atoms with E-state index in [4.69, 9.17) is 14.6 Å². The Balaban J connectivity index is 1.41.